The van der Waals surface area contributed by atoms with Crippen LogP contribution in [0.1, 0.15) is 147 Å². The molecule has 12 nitrogen and oxygen atoms in total. The Bertz CT molecular complexity index is 1560. The third-order valence-corrected chi connectivity index (χ3v) is 20.3. The summed E-state index contributed by atoms with van der Waals surface area (Å²) in [6.07, 6.45) is 15.1. The zero-order valence-electron chi connectivity index (χ0n) is 57.6. The standard InChI is InChI=1S/C9H16.2C8H15N.C7H14N2.C6H12.2C5H10FN.2C5H9NO.2C5H11N/c1-7-3-9(4-7)5-8(2)6-9;2*1-7-3-8(4-7)5-9(2)6-8;1-8-3-7(4-8)5-9(2)6-7;1-5-3-6(2)4-5;2*1-5(6)3-7(2)4-5;2*1-4-3-6(2)5(4)7;2*1-5-3-6(2)4-5/h7-8H,3-6H2,1-2H3;2*7H,3-6H2,1-2H3;3-6H2,1-2H3;5-6H,3-4H2,1-2H3;2*3-4H2,1-2H3;2*4H,3H2,1-2H3;2*5H,3-4H2,1-2H3. The molecule has 4 spiro atoms. The van der Waals surface area contributed by atoms with Crippen molar-refractivity contribution in [2.24, 2.45) is 80.8 Å². The SMILES string of the molecule is CC1CC(C)C1.CC1CC2(C1)CC(C)C2.CC1CC2(C1)CN(C)C2.CC1CC2(C1)CN(C)C2.CC1CN(C)C1.CC1CN(C)C1.CC1CN(C)C1=O.CC1CN(C)C1=O.CN1CC(C)(F)C1.CN1CC(C)(F)C1.CN1CC2(C1)CN(C)C2. The summed E-state index contributed by atoms with van der Waals surface area (Å²) in [5.41, 5.74) is 1.49. The van der Waals surface area contributed by atoms with E-state index < -0.39 is 11.3 Å². The van der Waals surface area contributed by atoms with Gasteiger partial charge in [-0.05, 0) is 198 Å². The first-order chi connectivity index (χ1) is 37.8. The molecule has 5 aliphatic carbocycles. The van der Waals surface area contributed by atoms with Gasteiger partial charge in [-0.2, -0.15) is 0 Å². The lowest BCUT2D eigenvalue weighted by Gasteiger charge is -2.58. The fourth-order valence-electron chi connectivity index (χ4n) is 18.3. The maximum Gasteiger partial charge on any atom is 0.226 e. The second kappa shape index (κ2) is 29.7. The number of amides is 2. The Labute approximate surface area is 504 Å². The van der Waals surface area contributed by atoms with Gasteiger partial charge in [-0.15, -0.1) is 0 Å². The number of rotatable bonds is 0. The minimum absolute atomic E-state index is 0.278. The zero-order valence-corrected chi connectivity index (χ0v) is 57.6. The molecule has 5 saturated carbocycles. The van der Waals surface area contributed by atoms with Crippen molar-refractivity contribution in [1.82, 2.24) is 49.0 Å². The van der Waals surface area contributed by atoms with Gasteiger partial charge < -0.3 is 39.2 Å². The Morgan fingerprint density at radius 3 is 0.598 bits per heavy atom. The molecule has 10 aliphatic heterocycles. The normalized spacial score (nSPS) is 35.5. The monoisotopic (exact) mass is 1160 g/mol. The smallest absolute Gasteiger partial charge is 0.226 e. The van der Waals surface area contributed by atoms with E-state index in [-0.39, 0.29) is 11.8 Å². The predicted molar refractivity (Wildman–Crippen MR) is 342 cm³/mol. The number of carbonyl (C=O) groups excluding carboxylic acids is 2. The average Bonchev–Trinajstić information content (AvgIpc) is 3.25. The highest BCUT2D eigenvalue weighted by Crippen LogP contribution is 2.60. The lowest BCUT2D eigenvalue weighted by Crippen LogP contribution is -2.70. The van der Waals surface area contributed by atoms with Crippen molar-refractivity contribution in [3.05, 3.63) is 0 Å². The second-order valence-corrected chi connectivity index (χ2v) is 33.5. The summed E-state index contributed by atoms with van der Waals surface area (Å²) in [7, 11) is 20.6. The van der Waals surface area contributed by atoms with E-state index in [9.17, 15) is 18.4 Å². The van der Waals surface area contributed by atoms with Gasteiger partial charge in [0.05, 0.1) is 11.8 Å². The van der Waals surface area contributed by atoms with Crippen LogP contribution in [0.15, 0.2) is 0 Å². The third kappa shape index (κ3) is 22.0. The van der Waals surface area contributed by atoms with Crippen LogP contribution in [0.4, 0.5) is 8.78 Å². The molecule has 15 rings (SSSR count). The second-order valence-electron chi connectivity index (χ2n) is 33.5. The number of halogens is 2. The summed E-state index contributed by atoms with van der Waals surface area (Å²) in [4.78, 5) is 42.6. The van der Waals surface area contributed by atoms with Gasteiger partial charge in [0, 0.05) is 137 Å². The summed E-state index contributed by atoms with van der Waals surface area (Å²) in [6, 6.07) is 0. The van der Waals surface area contributed by atoms with Crippen LogP contribution >= 0.6 is 0 Å². The van der Waals surface area contributed by atoms with Crippen molar-refractivity contribution in [1.29, 1.82) is 0 Å². The van der Waals surface area contributed by atoms with Gasteiger partial charge in [0.15, 0.2) is 0 Å². The Morgan fingerprint density at radius 2 is 0.512 bits per heavy atom. The number of alkyl halides is 2. The van der Waals surface area contributed by atoms with Gasteiger partial charge in [0.2, 0.25) is 11.8 Å². The molecule has 2 atom stereocenters. The minimum Gasteiger partial charge on any atom is -0.345 e. The molecule has 0 bridgehead atoms. The molecular formula is C68H132F2N10O2. The Balaban J connectivity index is 0.000000166. The molecule has 82 heavy (non-hydrogen) atoms. The highest BCUT2D eigenvalue weighted by molar-refractivity contribution is 5.84. The fraction of sp³-hybridized carbons (Fsp3) is 0.971. The summed E-state index contributed by atoms with van der Waals surface area (Å²) in [6.45, 7) is 46.2. The van der Waals surface area contributed by atoms with Gasteiger partial charge in [0.1, 0.15) is 11.3 Å². The van der Waals surface area contributed by atoms with E-state index in [2.05, 4.69) is 127 Å². The van der Waals surface area contributed by atoms with Crippen molar-refractivity contribution < 1.29 is 18.4 Å². The predicted octanol–water partition coefficient (Wildman–Crippen LogP) is 10.1. The molecule has 0 N–H and O–H groups in total. The highest BCUT2D eigenvalue weighted by atomic mass is 19.1. The van der Waals surface area contributed by atoms with Gasteiger partial charge in [-0.25, -0.2) is 8.78 Å². The van der Waals surface area contributed by atoms with Crippen molar-refractivity contribution in [2.45, 2.75) is 159 Å². The van der Waals surface area contributed by atoms with E-state index in [1.807, 2.05) is 51.8 Å². The Morgan fingerprint density at radius 1 is 0.293 bits per heavy atom. The maximum absolute atomic E-state index is 12.4. The fourth-order valence-corrected chi connectivity index (χ4v) is 18.3. The van der Waals surface area contributed by atoms with Crippen LogP contribution in [-0.2, 0) is 9.59 Å². The lowest BCUT2D eigenvalue weighted by atomic mass is 9.49. The van der Waals surface area contributed by atoms with E-state index in [1.54, 1.807) is 23.6 Å². The first-order valence-corrected chi connectivity index (χ1v) is 33.2. The number of hydrogen-bond donors (Lipinski definition) is 0. The first-order valence-electron chi connectivity index (χ1n) is 33.2. The number of β-lactam (4-membered cyclic amide) rings is 2. The molecule has 2 amide bonds. The van der Waals surface area contributed by atoms with Crippen LogP contribution in [0.2, 0.25) is 0 Å². The van der Waals surface area contributed by atoms with Crippen LogP contribution in [0, 0.1) is 80.8 Å². The van der Waals surface area contributed by atoms with Gasteiger partial charge in [-0.1, -0.05) is 69.2 Å². The summed E-state index contributed by atoms with van der Waals surface area (Å²) >= 11 is 0. The minimum atomic E-state index is -0.880. The van der Waals surface area contributed by atoms with Crippen molar-refractivity contribution in [3.63, 3.8) is 0 Å². The molecule has 0 radical (unpaired) electrons. The summed E-state index contributed by atoms with van der Waals surface area (Å²) < 4.78 is 24.8. The van der Waals surface area contributed by atoms with Crippen molar-refractivity contribution >= 4 is 11.8 Å². The van der Waals surface area contributed by atoms with Crippen molar-refractivity contribution in [3.8, 4) is 0 Å². The quantitative estimate of drug-likeness (QED) is 0.219. The first kappa shape index (κ1) is 71.2. The van der Waals surface area contributed by atoms with E-state index in [4.69, 9.17) is 0 Å². The van der Waals surface area contributed by atoms with E-state index in [1.165, 1.54) is 143 Å². The molecular weight excluding hydrogens is 1030 g/mol. The molecule has 0 aromatic heterocycles. The molecule has 15 fully saturated rings. The van der Waals surface area contributed by atoms with Crippen molar-refractivity contribution in [2.75, 3.05) is 188 Å². The maximum atomic E-state index is 12.4. The number of likely N-dealkylation sites (tertiary alicyclic amines) is 10. The molecule has 2 unspecified atom stereocenters. The molecule has 0 aromatic carbocycles. The van der Waals surface area contributed by atoms with Crippen LogP contribution in [0.3, 0.4) is 0 Å². The summed E-state index contributed by atoms with van der Waals surface area (Å²) in [5.74, 6) is 9.33. The van der Waals surface area contributed by atoms with Crippen LogP contribution < -0.4 is 0 Å². The lowest BCUT2D eigenvalue weighted by molar-refractivity contribution is -0.145. The average molecular weight is 1160 g/mol. The topological polar surface area (TPSA) is 66.5 Å². The largest absolute Gasteiger partial charge is 0.345 e. The Kier molecular flexibility index (Phi) is 25.8. The zero-order chi connectivity index (χ0) is 61.5. The van der Waals surface area contributed by atoms with Crippen LogP contribution in [-0.4, -0.2) is 260 Å². The molecule has 10 heterocycles. The molecule has 10 saturated heterocycles. The molecule has 480 valence electrons. The number of hydrogen-bond acceptors (Lipinski definition) is 10. The van der Waals surface area contributed by atoms with Gasteiger partial charge in [0.25, 0.3) is 0 Å². The Hall–Kier alpha value is -1.52. The van der Waals surface area contributed by atoms with E-state index in [0.29, 0.717) is 38.0 Å². The molecule has 0 aromatic rings. The van der Waals surface area contributed by atoms with Crippen LogP contribution in [0.25, 0.3) is 0 Å². The highest BCUT2D eigenvalue weighted by Gasteiger charge is 2.51. The van der Waals surface area contributed by atoms with E-state index in [0.717, 1.165) is 82.1 Å². The van der Waals surface area contributed by atoms with E-state index >= 15 is 0 Å². The van der Waals surface area contributed by atoms with Crippen LogP contribution in [0.5, 0.6) is 0 Å². The number of nitrogens with zero attached hydrogens (tertiary/aromatic N) is 10. The summed E-state index contributed by atoms with van der Waals surface area (Å²) in [5, 5.41) is 0. The van der Waals surface area contributed by atoms with Gasteiger partial charge >= 0.3 is 0 Å². The molecule has 15 aliphatic rings. The molecule has 14 heteroatoms. The third-order valence-electron chi connectivity index (χ3n) is 20.3. The van der Waals surface area contributed by atoms with Gasteiger partial charge in [-0.3, -0.25) is 19.4 Å². The number of carbonyl (C=O) groups is 2.